The maximum absolute atomic E-state index is 13.1. The van der Waals surface area contributed by atoms with Gasteiger partial charge in [0, 0.05) is 23.2 Å². The van der Waals surface area contributed by atoms with Gasteiger partial charge in [0.15, 0.2) is 0 Å². The molecule has 7 nitrogen and oxygen atoms in total. The van der Waals surface area contributed by atoms with Crippen LogP contribution in [0.1, 0.15) is 15.2 Å². The average molecular weight is 482 g/mol. The topological polar surface area (TPSA) is 82.1 Å². The molecular weight excluding hydrogens is 462 g/mol. The van der Waals surface area contributed by atoms with Crippen LogP contribution in [-0.4, -0.2) is 52.1 Å². The SMILES string of the molecule is COc1ccc(C(=O)OCc2sc3ccccc3c2Cl)cc1S(=O)(=O)N1CCOCC1. The van der Waals surface area contributed by atoms with E-state index in [-0.39, 0.29) is 35.9 Å². The highest BCUT2D eigenvalue weighted by Gasteiger charge is 2.30. The van der Waals surface area contributed by atoms with Crippen LogP contribution < -0.4 is 4.74 Å². The van der Waals surface area contributed by atoms with E-state index >= 15 is 0 Å². The van der Waals surface area contributed by atoms with Crippen LogP contribution in [0.5, 0.6) is 5.75 Å². The Balaban J connectivity index is 1.57. The van der Waals surface area contributed by atoms with Crippen molar-refractivity contribution in [2.45, 2.75) is 11.5 Å². The number of sulfonamides is 1. The summed E-state index contributed by atoms with van der Waals surface area (Å²) in [5.41, 5.74) is 0.116. The Kier molecular flexibility index (Phi) is 6.49. The maximum Gasteiger partial charge on any atom is 0.338 e. The molecule has 0 atom stereocenters. The first kappa shape index (κ1) is 22.0. The van der Waals surface area contributed by atoms with E-state index in [0.717, 1.165) is 15.0 Å². The van der Waals surface area contributed by atoms with Gasteiger partial charge in [0.05, 0.1) is 35.8 Å². The normalized spacial score (nSPS) is 15.2. The highest BCUT2D eigenvalue weighted by atomic mass is 35.5. The van der Waals surface area contributed by atoms with E-state index in [9.17, 15) is 13.2 Å². The van der Waals surface area contributed by atoms with E-state index in [4.69, 9.17) is 25.8 Å². The summed E-state index contributed by atoms with van der Waals surface area (Å²) in [7, 11) is -2.47. The van der Waals surface area contributed by atoms with Crippen molar-refractivity contribution in [2.24, 2.45) is 0 Å². The number of esters is 1. The molecule has 10 heteroatoms. The summed E-state index contributed by atoms with van der Waals surface area (Å²) in [5.74, 6) is -0.481. The van der Waals surface area contributed by atoms with Gasteiger partial charge in [-0.05, 0) is 24.3 Å². The lowest BCUT2D eigenvalue weighted by molar-refractivity contribution is 0.0476. The van der Waals surface area contributed by atoms with E-state index in [0.29, 0.717) is 18.2 Å². The molecule has 1 saturated heterocycles. The first-order valence-electron chi connectivity index (χ1n) is 9.51. The third-order valence-electron chi connectivity index (χ3n) is 4.92. The van der Waals surface area contributed by atoms with Gasteiger partial charge in [-0.25, -0.2) is 13.2 Å². The summed E-state index contributed by atoms with van der Waals surface area (Å²) in [5, 5.41) is 1.46. The number of fused-ring (bicyclic) bond motifs is 1. The molecule has 0 spiro atoms. The van der Waals surface area contributed by atoms with Crippen LogP contribution in [0.3, 0.4) is 0 Å². The monoisotopic (exact) mass is 481 g/mol. The van der Waals surface area contributed by atoms with Gasteiger partial charge in [0.25, 0.3) is 0 Å². The molecular formula is C21H20ClNO6S2. The fourth-order valence-electron chi connectivity index (χ4n) is 3.30. The molecule has 0 N–H and O–H groups in total. The molecule has 31 heavy (non-hydrogen) atoms. The minimum absolute atomic E-state index is 0.00537. The van der Waals surface area contributed by atoms with E-state index in [1.54, 1.807) is 0 Å². The zero-order valence-corrected chi connectivity index (χ0v) is 19.1. The molecule has 0 unspecified atom stereocenters. The number of nitrogens with zero attached hydrogens (tertiary/aromatic N) is 1. The summed E-state index contributed by atoms with van der Waals surface area (Å²) < 4.78 is 44.4. The second-order valence-corrected chi connectivity index (χ2v) is 10.2. The van der Waals surface area contributed by atoms with Gasteiger partial charge in [-0.1, -0.05) is 29.8 Å². The number of hydrogen-bond donors (Lipinski definition) is 0. The van der Waals surface area contributed by atoms with Crippen LogP contribution in [0.2, 0.25) is 5.02 Å². The zero-order chi connectivity index (χ0) is 22.0. The lowest BCUT2D eigenvalue weighted by atomic mass is 10.2. The number of rotatable bonds is 6. The van der Waals surface area contributed by atoms with Crippen LogP contribution in [0.4, 0.5) is 0 Å². The quantitative estimate of drug-likeness (QED) is 0.496. The van der Waals surface area contributed by atoms with Crippen LogP contribution in [0.25, 0.3) is 10.1 Å². The van der Waals surface area contributed by atoms with Crippen molar-refractivity contribution in [3.05, 3.63) is 57.9 Å². The molecule has 3 aromatic rings. The lowest BCUT2D eigenvalue weighted by Gasteiger charge is -2.26. The third kappa shape index (κ3) is 4.42. The fraction of sp³-hybridized carbons (Fsp3) is 0.286. The number of thiophene rings is 1. The Morgan fingerprint density at radius 2 is 1.94 bits per heavy atom. The highest BCUT2D eigenvalue weighted by molar-refractivity contribution is 7.89. The fourth-order valence-corrected chi connectivity index (χ4v) is 6.29. The third-order valence-corrected chi connectivity index (χ3v) is 8.53. The van der Waals surface area contributed by atoms with E-state index in [2.05, 4.69) is 0 Å². The van der Waals surface area contributed by atoms with Crippen molar-refractivity contribution in [1.82, 2.24) is 4.31 Å². The van der Waals surface area contributed by atoms with Crippen LogP contribution in [0, 0.1) is 0 Å². The predicted molar refractivity (Wildman–Crippen MR) is 119 cm³/mol. The smallest absolute Gasteiger partial charge is 0.338 e. The molecule has 1 aliphatic heterocycles. The Hall–Kier alpha value is -2.17. The number of morpholine rings is 1. The second kappa shape index (κ2) is 9.13. The summed E-state index contributed by atoms with van der Waals surface area (Å²) in [6.45, 7) is 1.11. The van der Waals surface area contributed by atoms with E-state index in [1.165, 1.54) is 41.0 Å². The Morgan fingerprint density at radius 1 is 1.19 bits per heavy atom. The van der Waals surface area contributed by atoms with E-state index < -0.39 is 16.0 Å². The first-order chi connectivity index (χ1) is 14.9. The van der Waals surface area contributed by atoms with Gasteiger partial charge in [-0.15, -0.1) is 11.3 Å². The summed E-state index contributed by atoms with van der Waals surface area (Å²) in [6.07, 6.45) is 0. The van der Waals surface area contributed by atoms with E-state index in [1.807, 2.05) is 24.3 Å². The van der Waals surface area contributed by atoms with Gasteiger partial charge in [-0.2, -0.15) is 4.31 Å². The van der Waals surface area contributed by atoms with Crippen molar-refractivity contribution >= 4 is 49.0 Å². The molecule has 4 rings (SSSR count). The van der Waals surface area contributed by atoms with Gasteiger partial charge < -0.3 is 14.2 Å². The Morgan fingerprint density at radius 3 is 2.65 bits per heavy atom. The highest BCUT2D eigenvalue weighted by Crippen LogP contribution is 2.36. The molecule has 2 aromatic carbocycles. The molecule has 0 bridgehead atoms. The molecule has 1 aliphatic rings. The van der Waals surface area contributed by atoms with Gasteiger partial charge in [0.2, 0.25) is 10.0 Å². The van der Waals surface area contributed by atoms with Crippen LogP contribution >= 0.6 is 22.9 Å². The van der Waals surface area contributed by atoms with Gasteiger partial charge in [-0.3, -0.25) is 0 Å². The number of carbonyl (C=O) groups is 1. The number of ether oxygens (including phenoxy) is 3. The molecule has 1 fully saturated rings. The Bertz CT molecular complexity index is 1220. The summed E-state index contributed by atoms with van der Waals surface area (Å²) in [6, 6.07) is 11.9. The average Bonchev–Trinajstić information content (AvgIpc) is 3.13. The van der Waals surface area contributed by atoms with Crippen molar-refractivity contribution in [2.75, 3.05) is 33.4 Å². The van der Waals surface area contributed by atoms with Crippen molar-refractivity contribution in [3.63, 3.8) is 0 Å². The second-order valence-electron chi connectivity index (χ2n) is 6.79. The minimum atomic E-state index is -3.85. The first-order valence-corrected chi connectivity index (χ1v) is 12.1. The van der Waals surface area contributed by atoms with Crippen molar-refractivity contribution < 1.29 is 27.4 Å². The number of hydrogen-bond acceptors (Lipinski definition) is 7. The van der Waals surface area contributed by atoms with Crippen molar-refractivity contribution in [3.8, 4) is 5.75 Å². The molecule has 1 aromatic heterocycles. The molecule has 0 aliphatic carbocycles. The molecule has 2 heterocycles. The number of halogens is 1. The number of methoxy groups -OCH3 is 1. The maximum atomic E-state index is 13.1. The molecule has 0 amide bonds. The number of benzene rings is 2. The Labute approximate surface area is 189 Å². The molecule has 0 saturated carbocycles. The van der Waals surface area contributed by atoms with Gasteiger partial charge >= 0.3 is 5.97 Å². The molecule has 0 radical (unpaired) electrons. The zero-order valence-electron chi connectivity index (χ0n) is 16.7. The lowest BCUT2D eigenvalue weighted by Crippen LogP contribution is -2.40. The minimum Gasteiger partial charge on any atom is -0.495 e. The molecule has 164 valence electrons. The predicted octanol–water partition coefficient (Wildman–Crippen LogP) is 3.94. The van der Waals surface area contributed by atoms with Crippen molar-refractivity contribution in [1.29, 1.82) is 0 Å². The standard InChI is InChI=1S/C21H20ClNO6S2/c1-27-16-7-6-14(12-19(16)31(25,26)23-8-10-28-11-9-23)21(24)29-13-18-20(22)15-4-2-3-5-17(15)30-18/h2-7,12H,8-11,13H2,1H3. The summed E-state index contributed by atoms with van der Waals surface area (Å²) in [4.78, 5) is 13.3. The largest absolute Gasteiger partial charge is 0.495 e. The summed E-state index contributed by atoms with van der Waals surface area (Å²) >= 11 is 7.85. The van der Waals surface area contributed by atoms with Crippen LogP contribution in [-0.2, 0) is 26.1 Å². The number of carbonyl (C=O) groups excluding carboxylic acids is 1. The van der Waals surface area contributed by atoms with Gasteiger partial charge in [0.1, 0.15) is 17.3 Å². The van der Waals surface area contributed by atoms with Crippen LogP contribution in [0.15, 0.2) is 47.4 Å².